The van der Waals surface area contributed by atoms with Gasteiger partial charge < -0.3 is 14.7 Å². The minimum absolute atomic E-state index is 0.0262. The van der Waals surface area contributed by atoms with E-state index in [2.05, 4.69) is 6.07 Å². The Morgan fingerprint density at radius 3 is 2.90 bits per heavy atom. The lowest BCUT2D eigenvalue weighted by Gasteiger charge is -2.19. The average Bonchev–Trinajstić information content (AvgIpc) is 2.70. The second-order valence-electron chi connectivity index (χ2n) is 4.48. The molecule has 20 heavy (non-hydrogen) atoms. The normalized spacial score (nSPS) is 16.7. The summed E-state index contributed by atoms with van der Waals surface area (Å²) in [5.74, 6) is -0.562. The molecule has 0 aromatic heterocycles. The standard InChI is InChI=1S/C14H14N2O4/c1-20-9-4-5-10-11(7-9)12(8-15)16(14(10)19)6-2-3-13(17)18/h4-5,7,12H,2-3,6H2,1H3,(H,17,18). The Labute approximate surface area is 116 Å². The van der Waals surface area contributed by atoms with E-state index in [1.54, 1.807) is 18.2 Å². The molecule has 1 N–H and O–H groups in total. The van der Waals surface area contributed by atoms with Gasteiger partial charge in [-0.3, -0.25) is 9.59 Å². The van der Waals surface area contributed by atoms with Crippen molar-refractivity contribution in [1.82, 2.24) is 4.90 Å². The summed E-state index contributed by atoms with van der Waals surface area (Å²) in [4.78, 5) is 24.2. The summed E-state index contributed by atoms with van der Waals surface area (Å²) in [6.45, 7) is 0.250. The van der Waals surface area contributed by atoms with Crippen molar-refractivity contribution in [2.45, 2.75) is 18.9 Å². The predicted octanol–water partition coefficient (Wildman–Crippen LogP) is 1.58. The quantitative estimate of drug-likeness (QED) is 0.880. The molecule has 1 aromatic carbocycles. The number of rotatable bonds is 5. The van der Waals surface area contributed by atoms with E-state index in [0.29, 0.717) is 23.3 Å². The summed E-state index contributed by atoms with van der Waals surface area (Å²) < 4.78 is 5.10. The summed E-state index contributed by atoms with van der Waals surface area (Å²) >= 11 is 0. The molecule has 2 rings (SSSR count). The molecule has 0 fully saturated rings. The fraction of sp³-hybridized carbons (Fsp3) is 0.357. The number of nitrogens with zero attached hydrogens (tertiary/aromatic N) is 2. The summed E-state index contributed by atoms with van der Waals surface area (Å²) in [5, 5.41) is 17.9. The van der Waals surface area contributed by atoms with Crippen LogP contribution in [0.5, 0.6) is 5.75 Å². The summed E-state index contributed by atoms with van der Waals surface area (Å²) in [6, 6.07) is 6.40. The van der Waals surface area contributed by atoms with Crippen LogP contribution < -0.4 is 4.74 Å². The molecule has 0 bridgehead atoms. The van der Waals surface area contributed by atoms with Crippen molar-refractivity contribution < 1.29 is 19.4 Å². The van der Waals surface area contributed by atoms with Crippen LogP contribution in [0.15, 0.2) is 18.2 Å². The minimum Gasteiger partial charge on any atom is -0.497 e. The molecule has 1 atom stereocenters. The summed E-state index contributed by atoms with van der Waals surface area (Å²) in [7, 11) is 1.52. The van der Waals surface area contributed by atoms with Crippen molar-refractivity contribution in [3.05, 3.63) is 29.3 Å². The van der Waals surface area contributed by atoms with E-state index in [1.165, 1.54) is 12.0 Å². The number of carbonyl (C=O) groups is 2. The number of fused-ring (bicyclic) bond motifs is 1. The van der Waals surface area contributed by atoms with Crippen LogP contribution >= 0.6 is 0 Å². The van der Waals surface area contributed by atoms with E-state index < -0.39 is 12.0 Å². The van der Waals surface area contributed by atoms with Crippen molar-refractivity contribution in [3.63, 3.8) is 0 Å². The number of ether oxygens (including phenoxy) is 1. The van der Waals surface area contributed by atoms with Gasteiger partial charge >= 0.3 is 5.97 Å². The molecule has 0 saturated carbocycles. The van der Waals surface area contributed by atoms with Crippen molar-refractivity contribution in [2.24, 2.45) is 0 Å². The van der Waals surface area contributed by atoms with E-state index >= 15 is 0 Å². The first-order chi connectivity index (χ1) is 9.58. The van der Waals surface area contributed by atoms with Crippen LogP contribution in [0.3, 0.4) is 0 Å². The zero-order valence-electron chi connectivity index (χ0n) is 11.0. The van der Waals surface area contributed by atoms with Crippen molar-refractivity contribution in [1.29, 1.82) is 5.26 Å². The monoisotopic (exact) mass is 274 g/mol. The number of methoxy groups -OCH3 is 1. The van der Waals surface area contributed by atoms with Crippen LogP contribution in [0, 0.1) is 11.3 Å². The first-order valence-corrected chi connectivity index (χ1v) is 6.18. The molecule has 0 saturated heterocycles. The van der Waals surface area contributed by atoms with Crippen LogP contribution in [0.2, 0.25) is 0 Å². The van der Waals surface area contributed by atoms with E-state index in [0.717, 1.165) is 0 Å². The number of amides is 1. The van der Waals surface area contributed by atoms with Gasteiger partial charge in [0.15, 0.2) is 0 Å². The number of carboxylic acids is 1. The Bertz CT molecular complexity index is 591. The first-order valence-electron chi connectivity index (χ1n) is 6.18. The number of nitriles is 1. The molecule has 1 aliphatic rings. The first kappa shape index (κ1) is 13.9. The van der Waals surface area contributed by atoms with Crippen molar-refractivity contribution >= 4 is 11.9 Å². The van der Waals surface area contributed by atoms with Gasteiger partial charge in [0, 0.05) is 24.1 Å². The highest BCUT2D eigenvalue weighted by Crippen LogP contribution is 2.35. The summed E-state index contributed by atoms with van der Waals surface area (Å²) in [5.41, 5.74) is 1.10. The maximum Gasteiger partial charge on any atom is 0.303 e. The van der Waals surface area contributed by atoms with Gasteiger partial charge in [0.1, 0.15) is 11.8 Å². The third-order valence-electron chi connectivity index (χ3n) is 3.27. The molecule has 1 unspecified atom stereocenters. The highest BCUT2D eigenvalue weighted by Gasteiger charge is 2.36. The fourth-order valence-electron chi connectivity index (χ4n) is 2.30. The van der Waals surface area contributed by atoms with Gasteiger partial charge in [-0.1, -0.05) is 0 Å². The summed E-state index contributed by atoms with van der Waals surface area (Å²) in [6.07, 6.45) is 0.298. The number of benzene rings is 1. The van der Waals surface area contributed by atoms with E-state index in [1.807, 2.05) is 0 Å². The average molecular weight is 274 g/mol. The second-order valence-corrected chi connectivity index (χ2v) is 4.48. The second kappa shape index (κ2) is 5.61. The maximum absolute atomic E-state index is 12.2. The van der Waals surface area contributed by atoms with Crippen LogP contribution in [0.25, 0.3) is 0 Å². The highest BCUT2D eigenvalue weighted by molar-refractivity contribution is 5.99. The van der Waals surface area contributed by atoms with E-state index in [9.17, 15) is 14.9 Å². The Morgan fingerprint density at radius 1 is 1.55 bits per heavy atom. The fourth-order valence-corrected chi connectivity index (χ4v) is 2.30. The third-order valence-corrected chi connectivity index (χ3v) is 3.27. The minimum atomic E-state index is -0.913. The molecule has 0 spiro atoms. The molecule has 0 radical (unpaired) electrons. The molecule has 1 amide bonds. The maximum atomic E-state index is 12.2. The number of carboxylic acid groups (broad SMARTS) is 1. The molecule has 0 aliphatic carbocycles. The van der Waals surface area contributed by atoms with Gasteiger partial charge in [-0.15, -0.1) is 0 Å². The van der Waals surface area contributed by atoms with Gasteiger partial charge in [-0.25, -0.2) is 0 Å². The number of hydrogen-bond acceptors (Lipinski definition) is 4. The predicted molar refractivity (Wildman–Crippen MR) is 69.3 cm³/mol. The number of aliphatic carboxylic acids is 1. The molecule has 104 valence electrons. The molecular weight excluding hydrogens is 260 g/mol. The molecule has 1 aromatic rings. The lowest BCUT2D eigenvalue weighted by atomic mass is 10.1. The Morgan fingerprint density at radius 2 is 2.30 bits per heavy atom. The van der Waals surface area contributed by atoms with Crippen molar-refractivity contribution in [2.75, 3.05) is 13.7 Å². The van der Waals surface area contributed by atoms with Gasteiger partial charge in [0.2, 0.25) is 0 Å². The van der Waals surface area contributed by atoms with Gasteiger partial charge in [-0.05, 0) is 24.6 Å². The molecule has 6 nitrogen and oxygen atoms in total. The number of hydrogen-bond donors (Lipinski definition) is 1. The Hall–Kier alpha value is -2.55. The van der Waals surface area contributed by atoms with Crippen LogP contribution in [-0.4, -0.2) is 35.5 Å². The molecule has 6 heteroatoms. The third kappa shape index (κ3) is 2.43. The SMILES string of the molecule is COc1ccc2c(c1)C(C#N)N(CCCC(=O)O)C2=O. The van der Waals surface area contributed by atoms with E-state index in [-0.39, 0.29) is 18.9 Å². The van der Waals surface area contributed by atoms with Crippen LogP contribution in [-0.2, 0) is 4.79 Å². The molecule has 1 aliphatic heterocycles. The highest BCUT2D eigenvalue weighted by atomic mass is 16.5. The van der Waals surface area contributed by atoms with Gasteiger partial charge in [-0.2, -0.15) is 5.26 Å². The molecular formula is C14H14N2O4. The van der Waals surface area contributed by atoms with Gasteiger partial charge in [0.25, 0.3) is 5.91 Å². The van der Waals surface area contributed by atoms with Gasteiger partial charge in [0.05, 0.1) is 13.2 Å². The zero-order chi connectivity index (χ0) is 14.7. The van der Waals surface area contributed by atoms with Crippen LogP contribution in [0.4, 0.5) is 0 Å². The largest absolute Gasteiger partial charge is 0.497 e. The Kier molecular flexibility index (Phi) is 3.89. The molecule has 1 heterocycles. The lowest BCUT2D eigenvalue weighted by molar-refractivity contribution is -0.137. The lowest BCUT2D eigenvalue weighted by Crippen LogP contribution is -2.28. The van der Waals surface area contributed by atoms with Crippen LogP contribution in [0.1, 0.15) is 34.8 Å². The topological polar surface area (TPSA) is 90.6 Å². The Balaban J connectivity index is 2.23. The number of carbonyl (C=O) groups excluding carboxylic acids is 1. The van der Waals surface area contributed by atoms with Crippen molar-refractivity contribution in [3.8, 4) is 11.8 Å². The van der Waals surface area contributed by atoms with E-state index in [4.69, 9.17) is 9.84 Å². The smallest absolute Gasteiger partial charge is 0.303 e. The zero-order valence-corrected chi connectivity index (χ0v) is 11.0.